The van der Waals surface area contributed by atoms with Crippen molar-refractivity contribution >= 4 is 16.9 Å². The molecule has 0 atom stereocenters. The largest absolute Gasteiger partial charge is 0.504 e. The molecule has 1 heterocycles. The van der Waals surface area contributed by atoms with Crippen LogP contribution in [-0.2, 0) is 11.3 Å². The Labute approximate surface area is 130 Å². The molecule has 0 aliphatic carbocycles. The monoisotopic (exact) mass is 312 g/mol. The fraction of sp³-hybridized carbons (Fsp3) is 0.0588. The van der Waals surface area contributed by atoms with Crippen LogP contribution >= 0.6 is 0 Å². The second-order valence-corrected chi connectivity index (χ2v) is 4.89. The van der Waals surface area contributed by atoms with E-state index in [1.807, 2.05) is 18.2 Å². The van der Waals surface area contributed by atoms with Gasteiger partial charge in [-0.05, 0) is 17.7 Å². The first-order valence-corrected chi connectivity index (χ1v) is 6.75. The van der Waals surface area contributed by atoms with Crippen LogP contribution < -0.4 is 5.63 Å². The number of benzene rings is 2. The highest BCUT2D eigenvalue weighted by Crippen LogP contribution is 2.29. The predicted molar refractivity (Wildman–Crippen MR) is 81.4 cm³/mol. The Morgan fingerprint density at radius 3 is 2.48 bits per heavy atom. The van der Waals surface area contributed by atoms with Crippen LogP contribution in [0.5, 0.6) is 11.5 Å². The number of phenolic OH excluding ortho intramolecular Hbond substituents is 2. The summed E-state index contributed by atoms with van der Waals surface area (Å²) in [5.41, 5.74) is -0.308. The molecule has 6 nitrogen and oxygen atoms in total. The number of phenols is 2. The predicted octanol–water partition coefficient (Wildman–Crippen LogP) is 2.56. The summed E-state index contributed by atoms with van der Waals surface area (Å²) < 4.78 is 10.1. The van der Waals surface area contributed by atoms with Gasteiger partial charge >= 0.3 is 11.6 Å². The number of hydrogen-bond donors (Lipinski definition) is 2. The van der Waals surface area contributed by atoms with Crippen LogP contribution in [0.2, 0.25) is 0 Å². The minimum absolute atomic E-state index is 0.0258. The highest BCUT2D eigenvalue weighted by Gasteiger charge is 2.16. The van der Waals surface area contributed by atoms with Crippen LogP contribution in [0.25, 0.3) is 11.0 Å². The molecule has 0 aliphatic heterocycles. The SMILES string of the molecule is O=C(OCc1ccccc1)c1cc2cc(O)c(O)cc2oc1=O. The molecule has 3 aromatic rings. The minimum Gasteiger partial charge on any atom is -0.504 e. The Balaban J connectivity index is 1.89. The molecule has 0 amide bonds. The van der Waals surface area contributed by atoms with E-state index in [4.69, 9.17) is 9.15 Å². The fourth-order valence-electron chi connectivity index (χ4n) is 2.09. The van der Waals surface area contributed by atoms with E-state index in [0.717, 1.165) is 11.6 Å². The maximum absolute atomic E-state index is 12.0. The molecular formula is C17H12O6. The van der Waals surface area contributed by atoms with Gasteiger partial charge in [-0.3, -0.25) is 0 Å². The molecule has 0 aliphatic rings. The van der Waals surface area contributed by atoms with Crippen LogP contribution in [-0.4, -0.2) is 16.2 Å². The van der Waals surface area contributed by atoms with E-state index in [0.29, 0.717) is 5.39 Å². The molecule has 23 heavy (non-hydrogen) atoms. The molecular weight excluding hydrogens is 300 g/mol. The number of ether oxygens (including phenoxy) is 1. The van der Waals surface area contributed by atoms with Gasteiger partial charge < -0.3 is 19.4 Å². The standard InChI is InChI=1S/C17H12O6/c18-13-7-11-6-12(17(21)23-15(11)8-14(13)19)16(20)22-9-10-4-2-1-3-5-10/h1-8,18-19H,9H2. The Hall–Kier alpha value is -3.28. The van der Waals surface area contributed by atoms with Crippen LogP contribution in [0.4, 0.5) is 0 Å². The van der Waals surface area contributed by atoms with Crippen molar-refractivity contribution < 1.29 is 24.2 Å². The van der Waals surface area contributed by atoms with Crippen molar-refractivity contribution in [3.8, 4) is 11.5 Å². The summed E-state index contributed by atoms with van der Waals surface area (Å²) in [6, 6.07) is 12.6. The lowest BCUT2D eigenvalue weighted by Crippen LogP contribution is -2.16. The van der Waals surface area contributed by atoms with Crippen LogP contribution in [0.3, 0.4) is 0 Å². The third-order valence-electron chi connectivity index (χ3n) is 3.26. The Morgan fingerprint density at radius 1 is 1.04 bits per heavy atom. The number of fused-ring (bicyclic) bond motifs is 1. The van der Waals surface area contributed by atoms with Gasteiger partial charge in [-0.1, -0.05) is 30.3 Å². The van der Waals surface area contributed by atoms with Crippen molar-refractivity contribution in [1.29, 1.82) is 0 Å². The lowest BCUT2D eigenvalue weighted by molar-refractivity contribution is 0.0468. The number of carbonyl (C=O) groups is 1. The Kier molecular flexibility index (Phi) is 3.72. The number of rotatable bonds is 3. The molecule has 0 spiro atoms. The van der Waals surface area contributed by atoms with E-state index < -0.39 is 17.3 Å². The summed E-state index contributed by atoms with van der Waals surface area (Å²) in [5.74, 6) is -1.62. The quantitative estimate of drug-likeness (QED) is 0.438. The van der Waals surface area contributed by atoms with Crippen LogP contribution in [0.15, 0.2) is 57.7 Å². The van der Waals surface area contributed by atoms with Crippen LogP contribution in [0, 0.1) is 0 Å². The fourth-order valence-corrected chi connectivity index (χ4v) is 2.09. The van der Waals surface area contributed by atoms with E-state index in [1.54, 1.807) is 12.1 Å². The first-order valence-electron chi connectivity index (χ1n) is 6.75. The van der Waals surface area contributed by atoms with Gasteiger partial charge in [0.25, 0.3) is 0 Å². The van der Waals surface area contributed by atoms with Gasteiger partial charge in [-0.2, -0.15) is 0 Å². The van der Waals surface area contributed by atoms with Crippen molar-refractivity contribution in [2.24, 2.45) is 0 Å². The summed E-state index contributed by atoms with van der Waals surface area (Å²) in [5, 5.41) is 19.2. The zero-order valence-corrected chi connectivity index (χ0v) is 11.9. The van der Waals surface area contributed by atoms with Crippen molar-refractivity contribution in [1.82, 2.24) is 0 Å². The normalized spacial score (nSPS) is 10.6. The molecule has 0 unspecified atom stereocenters. The maximum Gasteiger partial charge on any atom is 0.351 e. The molecule has 0 radical (unpaired) electrons. The molecule has 6 heteroatoms. The highest BCUT2D eigenvalue weighted by molar-refractivity contribution is 5.93. The first kappa shape index (κ1) is 14.6. The van der Waals surface area contributed by atoms with Crippen molar-refractivity contribution in [2.75, 3.05) is 0 Å². The molecule has 3 rings (SSSR count). The number of carbonyl (C=O) groups excluding carboxylic acids is 1. The summed E-state index contributed by atoms with van der Waals surface area (Å²) in [4.78, 5) is 23.9. The van der Waals surface area contributed by atoms with Gasteiger partial charge in [0.2, 0.25) is 0 Å². The average Bonchev–Trinajstić information content (AvgIpc) is 2.55. The summed E-state index contributed by atoms with van der Waals surface area (Å²) >= 11 is 0. The molecule has 2 aromatic carbocycles. The lowest BCUT2D eigenvalue weighted by Gasteiger charge is -2.05. The summed E-state index contributed by atoms with van der Waals surface area (Å²) in [6.45, 7) is 0.0258. The number of hydrogen-bond acceptors (Lipinski definition) is 6. The van der Waals surface area contributed by atoms with Gasteiger partial charge in [0.1, 0.15) is 17.8 Å². The third-order valence-corrected chi connectivity index (χ3v) is 3.26. The molecule has 1 aromatic heterocycles. The van der Waals surface area contributed by atoms with Gasteiger partial charge in [0.15, 0.2) is 11.5 Å². The first-order chi connectivity index (χ1) is 11.0. The maximum atomic E-state index is 12.0. The minimum atomic E-state index is -0.874. The van der Waals surface area contributed by atoms with E-state index in [9.17, 15) is 19.8 Å². The van der Waals surface area contributed by atoms with E-state index >= 15 is 0 Å². The zero-order chi connectivity index (χ0) is 16.4. The number of esters is 1. The Morgan fingerprint density at radius 2 is 1.74 bits per heavy atom. The summed E-state index contributed by atoms with van der Waals surface area (Å²) in [7, 11) is 0. The van der Waals surface area contributed by atoms with Crippen molar-refractivity contribution in [3.05, 3.63) is 70.1 Å². The summed E-state index contributed by atoms with van der Waals surface area (Å²) in [6.07, 6.45) is 0. The van der Waals surface area contributed by atoms with Gasteiger partial charge in [0, 0.05) is 11.5 Å². The molecule has 0 saturated carbocycles. The molecule has 0 bridgehead atoms. The van der Waals surface area contributed by atoms with Gasteiger partial charge in [-0.25, -0.2) is 9.59 Å². The molecule has 0 fully saturated rings. The smallest absolute Gasteiger partial charge is 0.351 e. The lowest BCUT2D eigenvalue weighted by atomic mass is 10.1. The van der Waals surface area contributed by atoms with Crippen molar-refractivity contribution in [3.63, 3.8) is 0 Å². The molecule has 0 saturated heterocycles. The molecule has 2 N–H and O–H groups in total. The third kappa shape index (κ3) is 3.01. The average molecular weight is 312 g/mol. The second kappa shape index (κ2) is 5.84. The van der Waals surface area contributed by atoms with E-state index in [1.165, 1.54) is 12.1 Å². The van der Waals surface area contributed by atoms with Gasteiger partial charge in [-0.15, -0.1) is 0 Å². The highest BCUT2D eigenvalue weighted by atomic mass is 16.5. The van der Waals surface area contributed by atoms with Gasteiger partial charge in [0.05, 0.1) is 0 Å². The van der Waals surface area contributed by atoms with Crippen LogP contribution in [0.1, 0.15) is 15.9 Å². The zero-order valence-electron chi connectivity index (χ0n) is 11.9. The van der Waals surface area contributed by atoms with E-state index in [2.05, 4.69) is 0 Å². The van der Waals surface area contributed by atoms with Crippen molar-refractivity contribution in [2.45, 2.75) is 6.61 Å². The topological polar surface area (TPSA) is 97.0 Å². The molecule has 116 valence electrons. The number of aromatic hydroxyl groups is 2. The second-order valence-electron chi connectivity index (χ2n) is 4.89. The Bertz CT molecular complexity index is 927. The van der Waals surface area contributed by atoms with E-state index in [-0.39, 0.29) is 23.5 Å².